The SMILES string of the molecule is COc1cc(/C=C2\SC(N3CCN(C)CC3)=NC2=O)ccc1O. The van der Waals surface area contributed by atoms with Crippen molar-refractivity contribution < 1.29 is 14.6 Å². The van der Waals surface area contributed by atoms with Crippen molar-refractivity contribution >= 4 is 28.9 Å². The van der Waals surface area contributed by atoms with Gasteiger partial charge in [0.15, 0.2) is 16.7 Å². The highest BCUT2D eigenvalue weighted by Gasteiger charge is 2.27. The number of amidine groups is 1. The average Bonchev–Trinajstić information content (AvgIpc) is 2.91. The molecule has 0 aliphatic carbocycles. The zero-order chi connectivity index (χ0) is 16.4. The van der Waals surface area contributed by atoms with E-state index in [1.165, 1.54) is 18.9 Å². The number of rotatable bonds is 2. The molecule has 122 valence electrons. The lowest BCUT2D eigenvalue weighted by Crippen LogP contribution is -2.46. The maximum atomic E-state index is 12.1. The summed E-state index contributed by atoms with van der Waals surface area (Å²) >= 11 is 1.40. The molecule has 0 radical (unpaired) electrons. The van der Waals surface area contributed by atoms with Crippen molar-refractivity contribution in [2.45, 2.75) is 0 Å². The first-order chi connectivity index (χ1) is 11.1. The molecule has 3 rings (SSSR count). The molecule has 2 aliphatic heterocycles. The van der Waals surface area contributed by atoms with Crippen LogP contribution in [0.5, 0.6) is 11.5 Å². The van der Waals surface area contributed by atoms with Crippen molar-refractivity contribution in [3.63, 3.8) is 0 Å². The van der Waals surface area contributed by atoms with Gasteiger partial charge in [0.1, 0.15) is 0 Å². The van der Waals surface area contributed by atoms with Gasteiger partial charge in [-0.2, -0.15) is 4.99 Å². The van der Waals surface area contributed by atoms with E-state index >= 15 is 0 Å². The molecule has 0 atom stereocenters. The molecule has 0 aromatic heterocycles. The largest absolute Gasteiger partial charge is 0.504 e. The number of hydrogen-bond acceptors (Lipinski definition) is 6. The van der Waals surface area contributed by atoms with Gasteiger partial charge >= 0.3 is 0 Å². The van der Waals surface area contributed by atoms with Crippen LogP contribution in [0.2, 0.25) is 0 Å². The Morgan fingerprint density at radius 1 is 1.30 bits per heavy atom. The zero-order valence-electron chi connectivity index (χ0n) is 13.2. The summed E-state index contributed by atoms with van der Waals surface area (Å²) in [6, 6.07) is 4.99. The molecule has 1 saturated heterocycles. The zero-order valence-corrected chi connectivity index (χ0v) is 14.0. The topological polar surface area (TPSA) is 65.4 Å². The Balaban J connectivity index is 1.74. The van der Waals surface area contributed by atoms with E-state index in [1.54, 1.807) is 24.3 Å². The number of phenolic OH excluding ortho intramolecular Hbond substituents is 1. The number of thioether (sulfide) groups is 1. The van der Waals surface area contributed by atoms with Crippen molar-refractivity contribution in [3.05, 3.63) is 28.7 Å². The molecule has 7 heteroatoms. The van der Waals surface area contributed by atoms with Gasteiger partial charge in [0, 0.05) is 26.2 Å². The van der Waals surface area contributed by atoms with E-state index < -0.39 is 0 Å². The van der Waals surface area contributed by atoms with Crippen LogP contribution in [0.4, 0.5) is 0 Å². The molecule has 1 amide bonds. The molecule has 0 spiro atoms. The summed E-state index contributed by atoms with van der Waals surface area (Å²) < 4.78 is 5.09. The summed E-state index contributed by atoms with van der Waals surface area (Å²) in [5, 5.41) is 10.4. The number of hydrogen-bond donors (Lipinski definition) is 1. The van der Waals surface area contributed by atoms with E-state index in [4.69, 9.17) is 4.74 Å². The third kappa shape index (κ3) is 3.51. The van der Waals surface area contributed by atoms with Crippen molar-refractivity contribution in [1.29, 1.82) is 0 Å². The molecule has 2 aliphatic rings. The Bertz CT molecular complexity index is 679. The number of benzene rings is 1. The Kier molecular flexibility index (Phi) is 4.58. The molecule has 1 N–H and O–H groups in total. The number of aromatic hydroxyl groups is 1. The van der Waals surface area contributed by atoms with E-state index in [0.29, 0.717) is 10.7 Å². The van der Waals surface area contributed by atoms with E-state index in [-0.39, 0.29) is 11.7 Å². The number of nitrogens with zero attached hydrogens (tertiary/aromatic N) is 3. The number of ether oxygens (including phenoxy) is 1. The third-order valence-electron chi connectivity index (χ3n) is 3.88. The standard InChI is InChI=1S/C16H19N3O3S/c1-18-5-7-19(8-6-18)16-17-15(21)14(23-16)10-11-3-4-12(20)13(9-11)22-2/h3-4,9-10,20H,5-8H2,1-2H3/b14-10-. The number of likely N-dealkylation sites (N-methyl/N-ethyl adjacent to an activating group) is 1. The van der Waals surface area contributed by atoms with E-state index in [9.17, 15) is 9.90 Å². The second-order valence-electron chi connectivity index (χ2n) is 5.53. The predicted molar refractivity (Wildman–Crippen MR) is 91.7 cm³/mol. The Morgan fingerprint density at radius 2 is 2.04 bits per heavy atom. The molecule has 1 fully saturated rings. The first-order valence-corrected chi connectivity index (χ1v) is 8.21. The van der Waals surface area contributed by atoms with Crippen molar-refractivity contribution in [1.82, 2.24) is 9.80 Å². The second kappa shape index (κ2) is 6.64. The fraction of sp³-hybridized carbons (Fsp3) is 0.375. The van der Waals surface area contributed by atoms with Crippen LogP contribution in [0.25, 0.3) is 6.08 Å². The average molecular weight is 333 g/mol. The van der Waals surface area contributed by atoms with Crippen LogP contribution < -0.4 is 4.74 Å². The number of carbonyl (C=O) groups is 1. The fourth-order valence-electron chi connectivity index (χ4n) is 2.47. The number of phenols is 1. The number of amides is 1. The van der Waals surface area contributed by atoms with Gasteiger partial charge in [-0.1, -0.05) is 6.07 Å². The minimum atomic E-state index is -0.212. The first-order valence-electron chi connectivity index (χ1n) is 7.40. The molecule has 0 unspecified atom stereocenters. The molecular formula is C16H19N3O3S. The van der Waals surface area contributed by atoms with Crippen molar-refractivity contribution in [3.8, 4) is 11.5 Å². The molecule has 0 bridgehead atoms. The van der Waals surface area contributed by atoms with E-state index in [0.717, 1.165) is 36.9 Å². The van der Waals surface area contributed by atoms with Gasteiger partial charge in [-0.15, -0.1) is 0 Å². The van der Waals surface area contributed by atoms with E-state index in [2.05, 4.69) is 21.8 Å². The van der Waals surface area contributed by atoms with Crippen LogP contribution in [0.3, 0.4) is 0 Å². The van der Waals surface area contributed by atoms with Crippen molar-refractivity contribution in [2.75, 3.05) is 40.3 Å². The van der Waals surface area contributed by atoms with Crippen molar-refractivity contribution in [2.24, 2.45) is 4.99 Å². The number of carbonyl (C=O) groups excluding carboxylic acids is 1. The number of methoxy groups -OCH3 is 1. The van der Waals surface area contributed by atoms with Gasteiger partial charge in [-0.25, -0.2) is 0 Å². The quantitative estimate of drug-likeness (QED) is 0.830. The highest BCUT2D eigenvalue weighted by atomic mass is 32.2. The smallest absolute Gasteiger partial charge is 0.286 e. The minimum absolute atomic E-state index is 0.0782. The highest BCUT2D eigenvalue weighted by Crippen LogP contribution is 2.33. The van der Waals surface area contributed by atoms with Gasteiger partial charge in [0.05, 0.1) is 12.0 Å². The Morgan fingerprint density at radius 3 is 2.74 bits per heavy atom. The maximum absolute atomic E-state index is 12.1. The number of aliphatic imine (C=N–C) groups is 1. The number of piperazine rings is 1. The molecule has 6 nitrogen and oxygen atoms in total. The van der Waals surface area contributed by atoms with Crippen LogP contribution in [0, 0.1) is 0 Å². The molecule has 0 saturated carbocycles. The Labute approximate surface area is 139 Å². The normalized spacial score (nSPS) is 21.0. The fourth-order valence-corrected chi connectivity index (χ4v) is 3.43. The molecule has 23 heavy (non-hydrogen) atoms. The summed E-state index contributed by atoms with van der Waals surface area (Å²) in [6.45, 7) is 3.72. The highest BCUT2D eigenvalue weighted by molar-refractivity contribution is 8.18. The van der Waals surface area contributed by atoms with Crippen LogP contribution in [-0.2, 0) is 4.79 Å². The Hall–Kier alpha value is -1.99. The summed E-state index contributed by atoms with van der Waals surface area (Å²) in [6.07, 6.45) is 1.78. The lowest BCUT2D eigenvalue weighted by Gasteiger charge is -2.32. The first kappa shape index (κ1) is 15.9. The van der Waals surface area contributed by atoms with Crippen LogP contribution >= 0.6 is 11.8 Å². The molecule has 1 aromatic carbocycles. The lowest BCUT2D eigenvalue weighted by molar-refractivity contribution is -0.113. The maximum Gasteiger partial charge on any atom is 0.286 e. The van der Waals surface area contributed by atoms with Gasteiger partial charge in [-0.05, 0) is 42.6 Å². The van der Waals surface area contributed by atoms with Crippen LogP contribution in [0.1, 0.15) is 5.56 Å². The van der Waals surface area contributed by atoms with Gasteiger partial charge in [-0.3, -0.25) is 4.79 Å². The van der Waals surface area contributed by atoms with Crippen LogP contribution in [0.15, 0.2) is 28.1 Å². The van der Waals surface area contributed by atoms with Crippen LogP contribution in [-0.4, -0.2) is 66.3 Å². The summed E-state index contributed by atoms with van der Waals surface area (Å²) in [5.41, 5.74) is 0.797. The third-order valence-corrected chi connectivity index (χ3v) is 4.93. The van der Waals surface area contributed by atoms with Gasteiger partial charge < -0.3 is 19.6 Å². The molecule has 2 heterocycles. The summed E-state index contributed by atoms with van der Waals surface area (Å²) in [5.74, 6) is 0.250. The lowest BCUT2D eigenvalue weighted by atomic mass is 10.2. The summed E-state index contributed by atoms with van der Waals surface area (Å²) in [7, 11) is 3.59. The molecular weight excluding hydrogens is 314 g/mol. The predicted octanol–water partition coefficient (Wildman–Crippen LogP) is 1.62. The summed E-state index contributed by atoms with van der Waals surface area (Å²) in [4.78, 5) is 21.3. The molecule has 1 aromatic rings. The van der Waals surface area contributed by atoms with Gasteiger partial charge in [0.2, 0.25) is 0 Å². The van der Waals surface area contributed by atoms with E-state index in [1.807, 2.05) is 0 Å². The minimum Gasteiger partial charge on any atom is -0.504 e. The second-order valence-corrected chi connectivity index (χ2v) is 6.54. The monoisotopic (exact) mass is 333 g/mol. The van der Waals surface area contributed by atoms with Gasteiger partial charge in [0.25, 0.3) is 5.91 Å².